The number of pyridine rings is 1. The first-order valence-corrected chi connectivity index (χ1v) is 6.12. The van der Waals surface area contributed by atoms with Gasteiger partial charge in [0.15, 0.2) is 0 Å². The van der Waals surface area contributed by atoms with Crippen LogP contribution < -0.4 is 10.2 Å². The van der Waals surface area contributed by atoms with Gasteiger partial charge in [0.05, 0.1) is 0 Å². The molecule has 0 radical (unpaired) electrons. The number of halogens is 1. The van der Waals surface area contributed by atoms with Crippen LogP contribution in [0.4, 0.5) is 5.82 Å². The van der Waals surface area contributed by atoms with Gasteiger partial charge in [-0.3, -0.25) is 0 Å². The Bertz CT molecular complexity index is 323. The number of hydrogen-bond donors (Lipinski definition) is 1. The van der Waals surface area contributed by atoms with E-state index in [0.29, 0.717) is 6.04 Å². The van der Waals surface area contributed by atoms with Crippen molar-refractivity contribution < 1.29 is 0 Å². The summed E-state index contributed by atoms with van der Waals surface area (Å²) < 4.78 is 0.895. The second kappa shape index (κ2) is 4.94. The van der Waals surface area contributed by atoms with Crippen molar-refractivity contribution in [2.24, 2.45) is 0 Å². The molecule has 3 nitrogen and oxygen atoms in total. The molecule has 0 amide bonds. The standard InChI is InChI=1S/C11H16BrN3/c1-15(8-9-4-3-7-13-9)11-6-2-5-10(12)14-11/h2,5-6,9,13H,3-4,7-8H2,1H3/t9-/m1/s1. The predicted octanol–water partition coefficient (Wildman–Crippen LogP) is 2.03. The molecule has 1 aliphatic rings. The van der Waals surface area contributed by atoms with E-state index in [0.717, 1.165) is 23.5 Å². The average molecular weight is 270 g/mol. The molecule has 1 aromatic heterocycles. The van der Waals surface area contributed by atoms with Crippen LogP contribution in [0, 0.1) is 0 Å². The summed E-state index contributed by atoms with van der Waals surface area (Å²) in [5, 5.41) is 3.49. The van der Waals surface area contributed by atoms with E-state index >= 15 is 0 Å². The van der Waals surface area contributed by atoms with Gasteiger partial charge in [-0.25, -0.2) is 4.98 Å². The van der Waals surface area contributed by atoms with Gasteiger partial charge in [0.25, 0.3) is 0 Å². The molecule has 0 aliphatic carbocycles. The van der Waals surface area contributed by atoms with Crippen molar-refractivity contribution in [3.8, 4) is 0 Å². The molecule has 15 heavy (non-hydrogen) atoms. The zero-order valence-electron chi connectivity index (χ0n) is 8.91. The topological polar surface area (TPSA) is 28.2 Å². The van der Waals surface area contributed by atoms with E-state index < -0.39 is 0 Å². The van der Waals surface area contributed by atoms with E-state index in [1.54, 1.807) is 0 Å². The van der Waals surface area contributed by atoms with Gasteiger partial charge in [-0.2, -0.15) is 0 Å². The zero-order valence-corrected chi connectivity index (χ0v) is 10.5. The second-order valence-electron chi connectivity index (χ2n) is 3.99. The van der Waals surface area contributed by atoms with Crippen LogP contribution in [0.5, 0.6) is 0 Å². The number of rotatable bonds is 3. The molecule has 1 saturated heterocycles. The molecule has 0 unspecified atom stereocenters. The molecule has 0 spiro atoms. The molecule has 1 N–H and O–H groups in total. The van der Waals surface area contributed by atoms with Gasteiger partial charge in [0.2, 0.25) is 0 Å². The molecule has 0 bridgehead atoms. The third kappa shape index (κ3) is 2.92. The lowest BCUT2D eigenvalue weighted by molar-refractivity contribution is 0.597. The monoisotopic (exact) mass is 269 g/mol. The molecular weight excluding hydrogens is 254 g/mol. The largest absolute Gasteiger partial charge is 0.358 e. The fourth-order valence-electron chi connectivity index (χ4n) is 1.95. The summed E-state index contributed by atoms with van der Waals surface area (Å²) in [6, 6.07) is 6.63. The molecule has 1 aromatic rings. The van der Waals surface area contributed by atoms with E-state index in [4.69, 9.17) is 0 Å². The fourth-order valence-corrected chi connectivity index (χ4v) is 2.28. The quantitative estimate of drug-likeness (QED) is 0.852. The Morgan fingerprint density at radius 2 is 2.47 bits per heavy atom. The van der Waals surface area contributed by atoms with Gasteiger partial charge < -0.3 is 10.2 Å². The molecule has 0 saturated carbocycles. The molecule has 0 aromatic carbocycles. The Kier molecular flexibility index (Phi) is 3.59. The highest BCUT2D eigenvalue weighted by atomic mass is 79.9. The zero-order chi connectivity index (χ0) is 10.7. The first kappa shape index (κ1) is 10.9. The van der Waals surface area contributed by atoms with Crippen molar-refractivity contribution >= 4 is 21.7 Å². The minimum absolute atomic E-state index is 0.621. The lowest BCUT2D eigenvalue weighted by atomic mass is 10.2. The first-order valence-electron chi connectivity index (χ1n) is 5.33. The predicted molar refractivity (Wildman–Crippen MR) is 66.2 cm³/mol. The van der Waals surface area contributed by atoms with Crippen LogP contribution in [0.2, 0.25) is 0 Å². The van der Waals surface area contributed by atoms with Crippen molar-refractivity contribution in [1.82, 2.24) is 10.3 Å². The number of likely N-dealkylation sites (N-methyl/N-ethyl adjacent to an activating group) is 1. The third-order valence-corrected chi connectivity index (χ3v) is 3.19. The van der Waals surface area contributed by atoms with E-state index in [2.05, 4.69) is 38.2 Å². The molecule has 4 heteroatoms. The molecule has 82 valence electrons. The molecule has 1 aliphatic heterocycles. The summed E-state index contributed by atoms with van der Waals surface area (Å²) in [4.78, 5) is 6.63. The number of nitrogens with zero attached hydrogens (tertiary/aromatic N) is 2. The minimum Gasteiger partial charge on any atom is -0.358 e. The Morgan fingerprint density at radius 3 is 3.13 bits per heavy atom. The molecule has 2 heterocycles. The average Bonchev–Trinajstić information content (AvgIpc) is 2.70. The number of anilines is 1. The van der Waals surface area contributed by atoms with E-state index in [1.165, 1.54) is 12.8 Å². The van der Waals surface area contributed by atoms with Crippen LogP contribution in [-0.4, -0.2) is 31.2 Å². The van der Waals surface area contributed by atoms with Crippen LogP contribution in [0.15, 0.2) is 22.8 Å². The first-order chi connectivity index (χ1) is 7.25. The normalized spacial score (nSPS) is 20.5. The smallest absolute Gasteiger partial charge is 0.129 e. The summed E-state index contributed by atoms with van der Waals surface area (Å²) in [5.41, 5.74) is 0. The third-order valence-electron chi connectivity index (χ3n) is 2.75. The lowest BCUT2D eigenvalue weighted by Crippen LogP contribution is -2.35. The maximum atomic E-state index is 4.43. The number of aromatic nitrogens is 1. The Balaban J connectivity index is 1.97. The van der Waals surface area contributed by atoms with Crippen LogP contribution in [-0.2, 0) is 0 Å². The van der Waals surface area contributed by atoms with Crippen LogP contribution >= 0.6 is 15.9 Å². The number of nitrogens with one attached hydrogen (secondary N) is 1. The summed E-state index contributed by atoms with van der Waals surface area (Å²) in [7, 11) is 2.09. The van der Waals surface area contributed by atoms with E-state index in [9.17, 15) is 0 Å². The highest BCUT2D eigenvalue weighted by Gasteiger charge is 2.16. The van der Waals surface area contributed by atoms with Crippen molar-refractivity contribution in [2.75, 3.05) is 25.0 Å². The minimum atomic E-state index is 0.621. The van der Waals surface area contributed by atoms with Crippen LogP contribution in [0.25, 0.3) is 0 Å². The second-order valence-corrected chi connectivity index (χ2v) is 4.80. The van der Waals surface area contributed by atoms with Gasteiger partial charge >= 0.3 is 0 Å². The van der Waals surface area contributed by atoms with Crippen LogP contribution in [0.3, 0.4) is 0 Å². The van der Waals surface area contributed by atoms with Crippen molar-refractivity contribution in [3.63, 3.8) is 0 Å². The Morgan fingerprint density at radius 1 is 1.60 bits per heavy atom. The molecule has 1 atom stereocenters. The summed E-state index contributed by atoms with van der Waals surface area (Å²) in [6.45, 7) is 2.19. The van der Waals surface area contributed by atoms with Crippen LogP contribution in [0.1, 0.15) is 12.8 Å². The SMILES string of the molecule is CN(C[C@H]1CCCN1)c1cccc(Br)n1. The maximum Gasteiger partial charge on any atom is 0.129 e. The van der Waals surface area contributed by atoms with E-state index in [1.807, 2.05) is 18.2 Å². The summed E-state index contributed by atoms with van der Waals surface area (Å²) in [6.07, 6.45) is 2.57. The molecular formula is C11H16BrN3. The lowest BCUT2D eigenvalue weighted by Gasteiger charge is -2.22. The van der Waals surface area contributed by atoms with Crippen molar-refractivity contribution in [1.29, 1.82) is 0 Å². The molecule has 2 rings (SSSR count). The van der Waals surface area contributed by atoms with Crippen molar-refractivity contribution in [2.45, 2.75) is 18.9 Å². The summed E-state index contributed by atoms with van der Waals surface area (Å²) in [5.74, 6) is 1.03. The highest BCUT2D eigenvalue weighted by molar-refractivity contribution is 9.10. The maximum absolute atomic E-state index is 4.43. The van der Waals surface area contributed by atoms with Gasteiger partial charge in [-0.1, -0.05) is 6.07 Å². The van der Waals surface area contributed by atoms with Crippen molar-refractivity contribution in [3.05, 3.63) is 22.8 Å². The van der Waals surface area contributed by atoms with E-state index in [-0.39, 0.29) is 0 Å². The molecule has 1 fully saturated rings. The Labute approximate surface area is 99.0 Å². The highest BCUT2D eigenvalue weighted by Crippen LogP contribution is 2.15. The van der Waals surface area contributed by atoms with Gasteiger partial charge in [0.1, 0.15) is 10.4 Å². The van der Waals surface area contributed by atoms with Gasteiger partial charge in [0, 0.05) is 19.6 Å². The Hall–Kier alpha value is -0.610. The fraction of sp³-hybridized carbons (Fsp3) is 0.545. The summed E-state index contributed by atoms with van der Waals surface area (Å²) >= 11 is 3.39. The van der Waals surface area contributed by atoms with Gasteiger partial charge in [-0.05, 0) is 47.4 Å². The van der Waals surface area contributed by atoms with Gasteiger partial charge in [-0.15, -0.1) is 0 Å². The number of hydrogen-bond acceptors (Lipinski definition) is 3.